The first-order chi connectivity index (χ1) is 7.56. The van der Waals surface area contributed by atoms with Crippen molar-refractivity contribution in [2.24, 2.45) is 0 Å². The lowest BCUT2D eigenvalue weighted by Gasteiger charge is -2.00. The van der Waals surface area contributed by atoms with Gasteiger partial charge in [0.2, 0.25) is 5.76 Å². The number of aryl methyl sites for hydroxylation is 2. The minimum absolute atomic E-state index is 0.0536. The van der Waals surface area contributed by atoms with Crippen LogP contribution in [0.25, 0.3) is 11.3 Å². The van der Waals surface area contributed by atoms with Gasteiger partial charge in [-0.15, -0.1) is 0 Å². The molecule has 1 N–H and O–H groups in total. The van der Waals surface area contributed by atoms with Crippen LogP contribution in [0.1, 0.15) is 21.9 Å². The Labute approximate surface area is 92.6 Å². The molecule has 2 heterocycles. The molecule has 0 aliphatic carbocycles. The Morgan fingerprint density at radius 1 is 1.25 bits per heavy atom. The van der Waals surface area contributed by atoms with Crippen molar-refractivity contribution >= 4 is 5.97 Å². The van der Waals surface area contributed by atoms with Crippen molar-refractivity contribution in [2.75, 3.05) is 0 Å². The lowest BCUT2D eigenvalue weighted by atomic mass is 10.1. The monoisotopic (exact) mass is 217 g/mol. The maximum Gasteiger partial charge on any atom is 0.371 e. The highest BCUT2D eigenvalue weighted by Crippen LogP contribution is 2.23. The van der Waals surface area contributed by atoms with Crippen LogP contribution < -0.4 is 0 Å². The second-order valence-corrected chi connectivity index (χ2v) is 3.61. The lowest BCUT2D eigenvalue weighted by molar-refractivity contribution is 0.0663. The summed E-state index contributed by atoms with van der Waals surface area (Å²) in [5, 5.41) is 8.75. The fourth-order valence-corrected chi connectivity index (χ4v) is 1.58. The van der Waals surface area contributed by atoms with Gasteiger partial charge in [0.05, 0.1) is 0 Å². The third-order valence-corrected chi connectivity index (χ3v) is 2.18. The summed E-state index contributed by atoms with van der Waals surface area (Å²) in [6.07, 6.45) is 0. The molecular weight excluding hydrogens is 206 g/mol. The minimum atomic E-state index is -1.06. The molecule has 2 aromatic heterocycles. The molecule has 0 amide bonds. The van der Waals surface area contributed by atoms with Crippen LogP contribution in [-0.2, 0) is 0 Å². The van der Waals surface area contributed by atoms with Crippen molar-refractivity contribution in [3.05, 3.63) is 41.4 Å². The van der Waals surface area contributed by atoms with Gasteiger partial charge in [0, 0.05) is 17.0 Å². The third-order valence-electron chi connectivity index (χ3n) is 2.18. The molecule has 0 atom stereocenters. The number of carbonyl (C=O) groups is 1. The molecule has 0 spiro atoms. The van der Waals surface area contributed by atoms with Gasteiger partial charge in [0.1, 0.15) is 5.76 Å². The molecule has 0 radical (unpaired) electrons. The number of rotatable bonds is 2. The van der Waals surface area contributed by atoms with Gasteiger partial charge in [-0.05, 0) is 38.1 Å². The number of nitrogens with zero attached hydrogens (tertiary/aromatic N) is 1. The summed E-state index contributed by atoms with van der Waals surface area (Å²) in [4.78, 5) is 14.9. The Morgan fingerprint density at radius 3 is 2.38 bits per heavy atom. The molecule has 0 saturated carbocycles. The van der Waals surface area contributed by atoms with E-state index in [9.17, 15) is 4.79 Å². The van der Waals surface area contributed by atoms with Gasteiger partial charge in [0.25, 0.3) is 0 Å². The zero-order chi connectivity index (χ0) is 11.7. The molecule has 0 saturated heterocycles. The van der Waals surface area contributed by atoms with Crippen LogP contribution in [0, 0.1) is 13.8 Å². The number of carboxylic acid groups (broad SMARTS) is 1. The molecule has 82 valence electrons. The maximum absolute atomic E-state index is 10.7. The van der Waals surface area contributed by atoms with E-state index in [1.54, 1.807) is 6.07 Å². The van der Waals surface area contributed by atoms with Gasteiger partial charge in [-0.2, -0.15) is 0 Å². The Balaban J connectivity index is 2.46. The summed E-state index contributed by atoms with van der Waals surface area (Å²) in [7, 11) is 0. The van der Waals surface area contributed by atoms with Crippen LogP contribution in [0.5, 0.6) is 0 Å². The van der Waals surface area contributed by atoms with Gasteiger partial charge in [-0.25, -0.2) is 4.79 Å². The third kappa shape index (κ3) is 1.95. The maximum atomic E-state index is 10.7. The Morgan fingerprint density at radius 2 is 1.88 bits per heavy atom. The molecule has 0 fully saturated rings. The smallest absolute Gasteiger partial charge is 0.371 e. The highest BCUT2D eigenvalue weighted by molar-refractivity contribution is 5.85. The molecule has 0 aliphatic rings. The minimum Gasteiger partial charge on any atom is -0.475 e. The average Bonchev–Trinajstić information content (AvgIpc) is 2.64. The molecule has 0 unspecified atom stereocenters. The van der Waals surface area contributed by atoms with Crippen LogP contribution in [0.15, 0.2) is 28.7 Å². The topological polar surface area (TPSA) is 63.3 Å². The first kappa shape index (κ1) is 10.4. The summed E-state index contributed by atoms with van der Waals surface area (Å²) < 4.78 is 5.21. The van der Waals surface area contributed by atoms with E-state index in [1.807, 2.05) is 26.0 Å². The Bertz CT molecular complexity index is 523. The Kier molecular flexibility index (Phi) is 2.48. The number of hydrogen-bond donors (Lipinski definition) is 1. The van der Waals surface area contributed by atoms with Gasteiger partial charge in [-0.3, -0.25) is 4.98 Å². The van der Waals surface area contributed by atoms with Crippen molar-refractivity contribution in [3.63, 3.8) is 0 Å². The quantitative estimate of drug-likeness (QED) is 0.839. The fourth-order valence-electron chi connectivity index (χ4n) is 1.58. The summed E-state index contributed by atoms with van der Waals surface area (Å²) >= 11 is 0. The van der Waals surface area contributed by atoms with Crippen molar-refractivity contribution in [1.82, 2.24) is 4.98 Å². The first-order valence-corrected chi connectivity index (χ1v) is 4.85. The highest BCUT2D eigenvalue weighted by Gasteiger charge is 2.10. The highest BCUT2D eigenvalue weighted by atomic mass is 16.4. The van der Waals surface area contributed by atoms with E-state index in [4.69, 9.17) is 9.52 Å². The SMILES string of the molecule is Cc1cc(-c2ccc(C(=O)O)o2)cc(C)n1. The molecule has 0 bridgehead atoms. The van der Waals surface area contributed by atoms with Crippen molar-refractivity contribution in [3.8, 4) is 11.3 Å². The van der Waals surface area contributed by atoms with Gasteiger partial charge in [0.15, 0.2) is 0 Å². The van der Waals surface area contributed by atoms with Crippen molar-refractivity contribution in [2.45, 2.75) is 13.8 Å². The van der Waals surface area contributed by atoms with E-state index in [-0.39, 0.29) is 5.76 Å². The molecule has 0 aliphatic heterocycles. The molecular formula is C12H11NO3. The summed E-state index contributed by atoms with van der Waals surface area (Å²) in [6.45, 7) is 3.77. The predicted octanol–water partition coefficient (Wildman–Crippen LogP) is 2.66. The lowest BCUT2D eigenvalue weighted by Crippen LogP contribution is -1.91. The zero-order valence-corrected chi connectivity index (χ0v) is 9.02. The van der Waals surface area contributed by atoms with Crippen molar-refractivity contribution < 1.29 is 14.3 Å². The van der Waals surface area contributed by atoms with E-state index < -0.39 is 5.97 Å². The fraction of sp³-hybridized carbons (Fsp3) is 0.167. The predicted molar refractivity (Wildman–Crippen MR) is 58.4 cm³/mol. The van der Waals surface area contributed by atoms with Crippen LogP contribution in [0.2, 0.25) is 0 Å². The Hall–Kier alpha value is -2.10. The summed E-state index contributed by atoms with van der Waals surface area (Å²) in [5.74, 6) is -0.568. The summed E-state index contributed by atoms with van der Waals surface area (Å²) in [5.41, 5.74) is 2.60. The summed E-state index contributed by atoms with van der Waals surface area (Å²) in [6, 6.07) is 6.81. The van der Waals surface area contributed by atoms with E-state index in [1.165, 1.54) is 6.07 Å². The van der Waals surface area contributed by atoms with Crippen LogP contribution >= 0.6 is 0 Å². The normalized spacial score (nSPS) is 10.4. The average molecular weight is 217 g/mol. The molecule has 2 aromatic rings. The van der Waals surface area contributed by atoms with E-state index in [0.29, 0.717) is 5.76 Å². The zero-order valence-electron chi connectivity index (χ0n) is 9.02. The molecule has 16 heavy (non-hydrogen) atoms. The molecule has 0 aromatic carbocycles. The standard InChI is InChI=1S/C12H11NO3/c1-7-5-9(6-8(2)13-7)10-3-4-11(16-10)12(14)15/h3-6H,1-2H3,(H,14,15). The number of aromatic carboxylic acids is 1. The van der Waals surface area contributed by atoms with E-state index >= 15 is 0 Å². The second-order valence-electron chi connectivity index (χ2n) is 3.61. The van der Waals surface area contributed by atoms with Gasteiger partial charge >= 0.3 is 5.97 Å². The van der Waals surface area contributed by atoms with Crippen LogP contribution in [-0.4, -0.2) is 16.1 Å². The van der Waals surface area contributed by atoms with Crippen LogP contribution in [0.4, 0.5) is 0 Å². The van der Waals surface area contributed by atoms with E-state index in [0.717, 1.165) is 17.0 Å². The largest absolute Gasteiger partial charge is 0.475 e. The van der Waals surface area contributed by atoms with E-state index in [2.05, 4.69) is 4.98 Å². The number of furan rings is 1. The number of hydrogen-bond acceptors (Lipinski definition) is 3. The molecule has 4 heteroatoms. The van der Waals surface area contributed by atoms with Gasteiger partial charge in [-0.1, -0.05) is 0 Å². The number of carboxylic acids is 1. The van der Waals surface area contributed by atoms with Gasteiger partial charge < -0.3 is 9.52 Å². The second kappa shape index (κ2) is 3.81. The van der Waals surface area contributed by atoms with Crippen molar-refractivity contribution in [1.29, 1.82) is 0 Å². The number of pyridine rings is 1. The number of aromatic nitrogens is 1. The van der Waals surface area contributed by atoms with Crippen LogP contribution in [0.3, 0.4) is 0 Å². The molecule has 4 nitrogen and oxygen atoms in total. The first-order valence-electron chi connectivity index (χ1n) is 4.85. The molecule has 2 rings (SSSR count).